The summed E-state index contributed by atoms with van der Waals surface area (Å²) in [4.78, 5) is 0. The van der Waals surface area contributed by atoms with Crippen molar-refractivity contribution in [3.63, 3.8) is 0 Å². The van der Waals surface area contributed by atoms with E-state index in [1.807, 2.05) is 61.5 Å². The highest BCUT2D eigenvalue weighted by molar-refractivity contribution is 6.07. The number of nitrogens with one attached hydrogen (secondary N) is 1. The van der Waals surface area contributed by atoms with Crippen molar-refractivity contribution in [2.24, 2.45) is 0 Å². The predicted octanol–water partition coefficient (Wildman–Crippen LogP) is 4.16. The molecule has 2 unspecified atom stereocenters. The summed E-state index contributed by atoms with van der Waals surface area (Å²) < 4.78 is 5.62. The highest BCUT2D eigenvalue weighted by atomic mass is 16.3. The molecule has 2 atom stereocenters. The number of hydrogen-bond acceptors (Lipinski definition) is 4. The normalized spacial score (nSPS) is 15.1. The van der Waals surface area contributed by atoms with Gasteiger partial charge in [-0.3, -0.25) is 0 Å². The molecule has 138 valence electrons. The van der Waals surface area contributed by atoms with Crippen LogP contribution in [-0.4, -0.2) is 22.4 Å². The average molecular weight is 361 g/mol. The maximum Gasteiger partial charge on any atom is 0.134 e. The number of hydrogen-bond donors (Lipinski definition) is 3. The van der Waals surface area contributed by atoms with Crippen LogP contribution in [0.2, 0.25) is 0 Å². The Morgan fingerprint density at radius 1 is 0.963 bits per heavy atom. The summed E-state index contributed by atoms with van der Waals surface area (Å²) in [5, 5.41) is 27.6. The molecule has 4 nitrogen and oxygen atoms in total. The molecule has 1 heterocycles. The van der Waals surface area contributed by atoms with Crippen LogP contribution in [-0.2, 0) is 6.54 Å². The molecule has 3 aromatic carbocycles. The zero-order valence-corrected chi connectivity index (χ0v) is 15.2. The van der Waals surface area contributed by atoms with Gasteiger partial charge >= 0.3 is 0 Å². The molecular weight excluding hydrogens is 338 g/mol. The number of benzene rings is 3. The molecule has 0 spiro atoms. The van der Waals surface area contributed by atoms with Crippen LogP contribution in [0.4, 0.5) is 0 Å². The summed E-state index contributed by atoms with van der Waals surface area (Å²) in [7, 11) is 0. The molecule has 0 aliphatic rings. The molecular formula is C23H23NO3. The molecule has 0 bridgehead atoms. The molecule has 4 aromatic rings. The van der Waals surface area contributed by atoms with Gasteiger partial charge in [0.1, 0.15) is 5.58 Å². The van der Waals surface area contributed by atoms with Gasteiger partial charge in [-0.1, -0.05) is 54.6 Å². The molecule has 1 aromatic heterocycles. The third kappa shape index (κ3) is 3.23. The molecule has 0 saturated carbocycles. The first-order valence-corrected chi connectivity index (χ1v) is 9.09. The minimum absolute atomic E-state index is 0.190. The van der Waals surface area contributed by atoms with Crippen LogP contribution in [0.1, 0.15) is 24.2 Å². The molecule has 0 radical (unpaired) electrons. The third-order valence-corrected chi connectivity index (χ3v) is 5.29. The van der Waals surface area contributed by atoms with Crippen molar-refractivity contribution in [1.82, 2.24) is 5.32 Å². The van der Waals surface area contributed by atoms with Crippen LogP contribution < -0.4 is 5.32 Å². The summed E-state index contributed by atoms with van der Waals surface area (Å²) in [6.07, 6.45) is 0.869. The quantitative estimate of drug-likeness (QED) is 0.482. The number of aliphatic hydroxyl groups is 2. The maximum absolute atomic E-state index is 10.8. The first kappa shape index (κ1) is 17.7. The summed E-state index contributed by atoms with van der Waals surface area (Å²) in [6.45, 7) is 2.14. The standard InChI is InChI=1S/C23H23NO3/c1-23(15-25,22(26)16-7-3-2-4-8-16)24-14-17-13-21-20(11-12-27-21)19-10-6-5-9-18(17)19/h2-13,22,24-26H,14-15H2,1H3. The minimum Gasteiger partial charge on any atom is -0.464 e. The topological polar surface area (TPSA) is 65.6 Å². The fraction of sp³-hybridized carbons (Fsp3) is 0.217. The molecule has 3 N–H and O–H groups in total. The van der Waals surface area contributed by atoms with Gasteiger partial charge in [0.25, 0.3) is 0 Å². The van der Waals surface area contributed by atoms with Gasteiger partial charge in [0.2, 0.25) is 0 Å². The molecule has 0 fully saturated rings. The smallest absolute Gasteiger partial charge is 0.134 e. The van der Waals surface area contributed by atoms with Crippen LogP contribution >= 0.6 is 0 Å². The molecule has 4 heteroatoms. The molecule has 0 aliphatic heterocycles. The summed E-state index contributed by atoms with van der Waals surface area (Å²) >= 11 is 0. The van der Waals surface area contributed by atoms with E-state index in [0.29, 0.717) is 6.54 Å². The Bertz CT molecular complexity index is 1060. The zero-order chi connectivity index (χ0) is 18.9. The third-order valence-electron chi connectivity index (χ3n) is 5.29. The van der Waals surface area contributed by atoms with E-state index in [4.69, 9.17) is 4.42 Å². The summed E-state index contributed by atoms with van der Waals surface area (Å²) in [6, 6.07) is 21.6. The number of rotatable bonds is 6. The monoisotopic (exact) mass is 361 g/mol. The number of fused-ring (bicyclic) bond motifs is 3. The first-order valence-electron chi connectivity index (χ1n) is 9.09. The van der Waals surface area contributed by atoms with Gasteiger partial charge < -0.3 is 19.9 Å². The van der Waals surface area contributed by atoms with Crippen molar-refractivity contribution in [2.45, 2.75) is 25.1 Å². The lowest BCUT2D eigenvalue weighted by atomic mass is 9.89. The molecule has 0 aliphatic carbocycles. The lowest BCUT2D eigenvalue weighted by Gasteiger charge is -2.34. The second kappa shape index (κ2) is 7.16. The Kier molecular flexibility index (Phi) is 4.70. The molecule has 0 amide bonds. The van der Waals surface area contributed by atoms with Crippen molar-refractivity contribution >= 4 is 21.7 Å². The van der Waals surface area contributed by atoms with Crippen LogP contribution in [0.15, 0.2) is 77.4 Å². The lowest BCUT2D eigenvalue weighted by Crippen LogP contribution is -2.50. The van der Waals surface area contributed by atoms with Crippen molar-refractivity contribution in [1.29, 1.82) is 0 Å². The van der Waals surface area contributed by atoms with Crippen LogP contribution in [0.25, 0.3) is 21.7 Å². The molecule has 0 saturated heterocycles. The summed E-state index contributed by atoms with van der Waals surface area (Å²) in [5.41, 5.74) is 1.79. The average Bonchev–Trinajstić information content (AvgIpc) is 3.20. The fourth-order valence-corrected chi connectivity index (χ4v) is 3.57. The van der Waals surface area contributed by atoms with E-state index in [0.717, 1.165) is 32.9 Å². The van der Waals surface area contributed by atoms with Crippen molar-refractivity contribution in [2.75, 3.05) is 6.61 Å². The van der Waals surface area contributed by atoms with E-state index in [2.05, 4.69) is 17.4 Å². The Balaban J connectivity index is 1.67. The molecule has 27 heavy (non-hydrogen) atoms. The second-order valence-corrected chi connectivity index (χ2v) is 7.16. The molecule has 4 rings (SSSR count). The van der Waals surface area contributed by atoms with E-state index in [1.54, 1.807) is 6.26 Å². The summed E-state index contributed by atoms with van der Waals surface area (Å²) in [5.74, 6) is 0. The second-order valence-electron chi connectivity index (χ2n) is 7.16. The fourth-order valence-electron chi connectivity index (χ4n) is 3.57. The predicted molar refractivity (Wildman–Crippen MR) is 107 cm³/mol. The number of aliphatic hydroxyl groups excluding tert-OH is 2. The zero-order valence-electron chi connectivity index (χ0n) is 15.2. The SMILES string of the molecule is CC(CO)(NCc1cc2occc2c2ccccc12)C(O)c1ccccc1. The maximum atomic E-state index is 10.8. The minimum atomic E-state index is -0.874. The number of furan rings is 1. The van der Waals surface area contributed by atoms with Crippen molar-refractivity contribution in [3.05, 3.63) is 84.1 Å². The first-order chi connectivity index (χ1) is 13.1. The Morgan fingerprint density at radius 3 is 2.41 bits per heavy atom. The van der Waals surface area contributed by atoms with Gasteiger partial charge in [0.05, 0.1) is 24.5 Å². The largest absolute Gasteiger partial charge is 0.464 e. The van der Waals surface area contributed by atoms with Gasteiger partial charge in [-0.05, 0) is 41.0 Å². The Morgan fingerprint density at radius 2 is 1.67 bits per heavy atom. The Labute approximate surface area is 158 Å². The van der Waals surface area contributed by atoms with Gasteiger partial charge in [-0.25, -0.2) is 0 Å². The Hall–Kier alpha value is -2.66. The van der Waals surface area contributed by atoms with Crippen molar-refractivity contribution < 1.29 is 14.6 Å². The van der Waals surface area contributed by atoms with E-state index >= 15 is 0 Å². The van der Waals surface area contributed by atoms with Gasteiger partial charge in [-0.15, -0.1) is 0 Å². The highest BCUT2D eigenvalue weighted by Gasteiger charge is 2.33. The van der Waals surface area contributed by atoms with Gasteiger partial charge in [0, 0.05) is 11.9 Å². The van der Waals surface area contributed by atoms with Crippen LogP contribution in [0, 0.1) is 0 Å². The van der Waals surface area contributed by atoms with E-state index in [9.17, 15) is 10.2 Å². The van der Waals surface area contributed by atoms with Crippen LogP contribution in [0.5, 0.6) is 0 Å². The van der Waals surface area contributed by atoms with Gasteiger partial charge in [0.15, 0.2) is 0 Å². The van der Waals surface area contributed by atoms with E-state index < -0.39 is 11.6 Å². The van der Waals surface area contributed by atoms with Crippen LogP contribution in [0.3, 0.4) is 0 Å². The lowest BCUT2D eigenvalue weighted by molar-refractivity contribution is 0.0273. The highest BCUT2D eigenvalue weighted by Crippen LogP contribution is 2.31. The van der Waals surface area contributed by atoms with Crippen molar-refractivity contribution in [3.8, 4) is 0 Å². The van der Waals surface area contributed by atoms with Gasteiger partial charge in [-0.2, -0.15) is 0 Å². The van der Waals surface area contributed by atoms with E-state index in [1.165, 1.54) is 0 Å². The van der Waals surface area contributed by atoms with E-state index in [-0.39, 0.29) is 6.61 Å².